The number of benzene rings is 1. The summed E-state index contributed by atoms with van der Waals surface area (Å²) in [7, 11) is 1.73. The van der Waals surface area contributed by atoms with Gasteiger partial charge in [0.25, 0.3) is 0 Å². The second-order valence-corrected chi connectivity index (χ2v) is 6.27. The Kier molecular flexibility index (Phi) is 3.84. The van der Waals surface area contributed by atoms with Gasteiger partial charge < -0.3 is 9.64 Å². The van der Waals surface area contributed by atoms with Gasteiger partial charge >= 0.3 is 0 Å². The van der Waals surface area contributed by atoms with Crippen molar-refractivity contribution in [1.82, 2.24) is 4.90 Å². The molecule has 2 atom stereocenters. The first-order chi connectivity index (χ1) is 9.77. The van der Waals surface area contributed by atoms with Crippen LogP contribution in [-0.2, 0) is 5.41 Å². The largest absolute Gasteiger partial charge is 0.497 e. The van der Waals surface area contributed by atoms with E-state index in [0.29, 0.717) is 5.41 Å². The quantitative estimate of drug-likeness (QED) is 0.756. The fourth-order valence-electron chi connectivity index (χ4n) is 4.08. The van der Waals surface area contributed by atoms with Crippen molar-refractivity contribution in [2.24, 2.45) is 0 Å². The molecule has 1 saturated heterocycles. The summed E-state index contributed by atoms with van der Waals surface area (Å²) in [6, 6.07) is 9.57. The summed E-state index contributed by atoms with van der Waals surface area (Å²) in [6.45, 7) is 6.27. The van der Waals surface area contributed by atoms with Gasteiger partial charge in [-0.2, -0.15) is 0 Å². The van der Waals surface area contributed by atoms with Crippen molar-refractivity contribution < 1.29 is 4.74 Å². The summed E-state index contributed by atoms with van der Waals surface area (Å²) in [5.41, 5.74) is 1.95. The normalized spacial score (nSPS) is 29.4. The number of fused-ring (bicyclic) bond motifs is 2. The van der Waals surface area contributed by atoms with Crippen LogP contribution in [0.4, 0.5) is 0 Å². The molecule has 0 N–H and O–H groups in total. The van der Waals surface area contributed by atoms with Crippen LogP contribution in [0, 0.1) is 0 Å². The van der Waals surface area contributed by atoms with Gasteiger partial charge in [0.2, 0.25) is 0 Å². The minimum atomic E-state index is 0.432. The molecule has 0 spiro atoms. The van der Waals surface area contributed by atoms with E-state index >= 15 is 0 Å². The molecule has 3 rings (SSSR count). The Balaban J connectivity index is 1.73. The molecule has 2 bridgehead atoms. The zero-order chi connectivity index (χ0) is 14.0. The molecule has 0 radical (unpaired) electrons. The monoisotopic (exact) mass is 271 g/mol. The van der Waals surface area contributed by atoms with Gasteiger partial charge in [-0.1, -0.05) is 18.2 Å². The SMILES string of the molecule is C=CCCN1CCC2(c3ccc(OC)cc3)CCC1C2. The molecule has 1 aliphatic heterocycles. The van der Waals surface area contributed by atoms with Gasteiger partial charge in [-0.3, -0.25) is 0 Å². The zero-order valence-electron chi connectivity index (χ0n) is 12.5. The van der Waals surface area contributed by atoms with E-state index in [4.69, 9.17) is 4.74 Å². The molecule has 0 aromatic heterocycles. The van der Waals surface area contributed by atoms with Gasteiger partial charge in [0.1, 0.15) is 5.75 Å². The number of rotatable bonds is 5. The smallest absolute Gasteiger partial charge is 0.118 e. The highest BCUT2D eigenvalue weighted by Gasteiger charge is 2.45. The van der Waals surface area contributed by atoms with Crippen molar-refractivity contribution in [2.75, 3.05) is 20.2 Å². The Morgan fingerprint density at radius 1 is 1.35 bits per heavy atom. The lowest BCUT2D eigenvalue weighted by Crippen LogP contribution is -2.43. The van der Waals surface area contributed by atoms with Crippen LogP contribution in [0.25, 0.3) is 0 Å². The topological polar surface area (TPSA) is 12.5 Å². The Bertz CT molecular complexity index is 467. The Hall–Kier alpha value is -1.28. The molecule has 2 fully saturated rings. The number of hydrogen-bond acceptors (Lipinski definition) is 2. The van der Waals surface area contributed by atoms with Crippen LogP contribution in [0.5, 0.6) is 5.75 Å². The highest BCUT2D eigenvalue weighted by atomic mass is 16.5. The molecule has 1 heterocycles. The van der Waals surface area contributed by atoms with E-state index in [1.807, 2.05) is 6.08 Å². The fraction of sp³-hybridized carbons (Fsp3) is 0.556. The van der Waals surface area contributed by atoms with E-state index in [-0.39, 0.29) is 0 Å². The van der Waals surface area contributed by atoms with Gasteiger partial charge in [0, 0.05) is 12.6 Å². The lowest BCUT2D eigenvalue weighted by atomic mass is 9.74. The molecule has 108 valence electrons. The third-order valence-electron chi connectivity index (χ3n) is 5.30. The maximum Gasteiger partial charge on any atom is 0.118 e. The molecule has 1 aliphatic carbocycles. The molecule has 1 aromatic rings. The van der Waals surface area contributed by atoms with Crippen molar-refractivity contribution in [3.63, 3.8) is 0 Å². The van der Waals surface area contributed by atoms with Crippen molar-refractivity contribution in [3.8, 4) is 5.75 Å². The minimum Gasteiger partial charge on any atom is -0.497 e. The van der Waals surface area contributed by atoms with Crippen LogP contribution in [0.15, 0.2) is 36.9 Å². The van der Waals surface area contributed by atoms with Gasteiger partial charge in [0.15, 0.2) is 0 Å². The van der Waals surface area contributed by atoms with E-state index in [0.717, 1.165) is 18.2 Å². The third-order valence-corrected chi connectivity index (χ3v) is 5.30. The molecule has 1 aromatic carbocycles. The first-order valence-corrected chi connectivity index (χ1v) is 7.77. The summed E-state index contributed by atoms with van der Waals surface area (Å²) >= 11 is 0. The molecule has 1 saturated carbocycles. The van der Waals surface area contributed by atoms with E-state index in [9.17, 15) is 0 Å². The molecule has 2 heteroatoms. The van der Waals surface area contributed by atoms with Crippen LogP contribution in [-0.4, -0.2) is 31.1 Å². The number of nitrogens with zero attached hydrogens (tertiary/aromatic N) is 1. The third kappa shape index (κ3) is 2.37. The second-order valence-electron chi connectivity index (χ2n) is 6.27. The van der Waals surface area contributed by atoms with Gasteiger partial charge in [-0.05, 0) is 61.8 Å². The van der Waals surface area contributed by atoms with Crippen LogP contribution in [0.2, 0.25) is 0 Å². The van der Waals surface area contributed by atoms with Crippen LogP contribution in [0.1, 0.15) is 37.7 Å². The maximum absolute atomic E-state index is 5.28. The summed E-state index contributed by atoms with van der Waals surface area (Å²) in [6.07, 6.45) is 8.48. The average Bonchev–Trinajstić information content (AvgIpc) is 2.86. The lowest BCUT2D eigenvalue weighted by Gasteiger charge is -2.40. The Morgan fingerprint density at radius 3 is 2.85 bits per heavy atom. The second kappa shape index (κ2) is 5.61. The first-order valence-electron chi connectivity index (χ1n) is 7.77. The number of hydrogen-bond donors (Lipinski definition) is 0. The van der Waals surface area contributed by atoms with Crippen molar-refractivity contribution in [1.29, 1.82) is 0 Å². The number of likely N-dealkylation sites (tertiary alicyclic amines) is 1. The number of methoxy groups -OCH3 is 1. The van der Waals surface area contributed by atoms with Crippen molar-refractivity contribution >= 4 is 0 Å². The minimum absolute atomic E-state index is 0.432. The van der Waals surface area contributed by atoms with E-state index < -0.39 is 0 Å². The lowest BCUT2D eigenvalue weighted by molar-refractivity contribution is 0.143. The molecule has 2 unspecified atom stereocenters. The number of piperidine rings is 1. The Labute approximate surface area is 122 Å². The van der Waals surface area contributed by atoms with Crippen LogP contribution in [0.3, 0.4) is 0 Å². The molecular formula is C18H25NO. The predicted molar refractivity (Wildman–Crippen MR) is 83.3 cm³/mol. The summed E-state index contributed by atoms with van der Waals surface area (Å²) in [5.74, 6) is 0.961. The van der Waals surface area contributed by atoms with E-state index in [2.05, 4.69) is 35.7 Å². The standard InChI is InChI=1S/C18H25NO/c1-3-4-12-19-13-11-18(10-9-16(19)14-18)15-5-7-17(20-2)8-6-15/h3,5-8,16H,1,4,9-14H2,2H3. The predicted octanol–water partition coefficient (Wildman–Crippen LogP) is 3.77. The van der Waals surface area contributed by atoms with E-state index in [1.54, 1.807) is 7.11 Å². The summed E-state index contributed by atoms with van der Waals surface area (Å²) in [4.78, 5) is 2.68. The van der Waals surface area contributed by atoms with Gasteiger partial charge in [0.05, 0.1) is 7.11 Å². The highest BCUT2D eigenvalue weighted by molar-refractivity contribution is 5.34. The van der Waals surface area contributed by atoms with Crippen molar-refractivity contribution in [2.45, 2.75) is 43.6 Å². The van der Waals surface area contributed by atoms with Crippen LogP contribution < -0.4 is 4.74 Å². The summed E-state index contributed by atoms with van der Waals surface area (Å²) < 4.78 is 5.28. The molecular weight excluding hydrogens is 246 g/mol. The first kappa shape index (κ1) is 13.7. The highest BCUT2D eigenvalue weighted by Crippen LogP contribution is 2.49. The average molecular weight is 271 g/mol. The van der Waals surface area contributed by atoms with Crippen LogP contribution >= 0.6 is 0 Å². The molecule has 2 nitrogen and oxygen atoms in total. The fourth-order valence-corrected chi connectivity index (χ4v) is 4.08. The molecule has 2 aliphatic rings. The maximum atomic E-state index is 5.28. The van der Waals surface area contributed by atoms with E-state index in [1.165, 1.54) is 44.3 Å². The van der Waals surface area contributed by atoms with Gasteiger partial charge in [-0.25, -0.2) is 0 Å². The van der Waals surface area contributed by atoms with Gasteiger partial charge in [-0.15, -0.1) is 6.58 Å². The molecule has 20 heavy (non-hydrogen) atoms. The Morgan fingerprint density at radius 2 is 2.15 bits per heavy atom. The summed E-state index contributed by atoms with van der Waals surface area (Å²) in [5, 5.41) is 0. The number of ether oxygens (including phenoxy) is 1. The van der Waals surface area contributed by atoms with Crippen molar-refractivity contribution in [3.05, 3.63) is 42.5 Å². The molecule has 0 amide bonds. The zero-order valence-corrected chi connectivity index (χ0v) is 12.5.